The van der Waals surface area contributed by atoms with Crippen LogP contribution in [0.1, 0.15) is 271 Å². The zero-order valence-corrected chi connectivity index (χ0v) is 62.1. The van der Waals surface area contributed by atoms with E-state index in [0.717, 1.165) is 154 Å². The van der Waals surface area contributed by atoms with Gasteiger partial charge in [-0.15, -0.1) is 0 Å². The second-order valence-corrected chi connectivity index (χ2v) is 25.8. The number of carbonyl (C=O) groups excluding carboxylic acids is 2. The van der Waals surface area contributed by atoms with Gasteiger partial charge in [-0.25, -0.2) is 4.79 Å². The van der Waals surface area contributed by atoms with Gasteiger partial charge in [0.2, 0.25) is 0 Å². The quantitative estimate of drug-likeness (QED) is 0.0211. The van der Waals surface area contributed by atoms with Gasteiger partial charge in [0, 0.05) is 12.8 Å². The van der Waals surface area contributed by atoms with Gasteiger partial charge >= 0.3 is 17.9 Å². The highest BCUT2D eigenvalue weighted by Crippen LogP contribution is 2.16. The maximum atomic E-state index is 13.0. The molecule has 0 aromatic carbocycles. The standard InChI is InChI=1S/C88H139NO8/c1-6-8-10-12-14-16-18-20-22-24-26-28-30-32-34-36-38-39-40-41-42-43-44-45-46-47-49-51-53-55-57-59-61-63-65-67-69-71-73-75-77-79-86(91)97-84(83-96-88(87(92)93)94-81-80-89(3,4)5)82-95-85(90)78-76-74-72-70-68-66-64-62-60-58-56-54-52-50-48-37-35-33-31-29-27-25-23-21-19-17-15-13-11-9-7-2/h8-11,14-17,20-23,26-29,32-35,38-39,41-42,44-45,47-50,53,55,59,61,84,88H,6-7,12-13,18-19,24-25,30-31,36-37,40,43,46,51-52,54,56-58,60,62-83H2,1-5H3/p+1/b10-8-,11-9-,16-14-,17-15-,22-20-,23-21-,28-26-,29-27-,34-32-,35-33-,39-38-,42-41-,45-44-,49-47-,50-48-,55-53-,61-59-. The number of esters is 2. The highest BCUT2D eigenvalue weighted by Gasteiger charge is 2.25. The first kappa shape index (κ1) is 90.9. The maximum Gasteiger partial charge on any atom is 0.361 e. The predicted molar refractivity (Wildman–Crippen MR) is 418 cm³/mol. The van der Waals surface area contributed by atoms with Crippen LogP contribution in [0.4, 0.5) is 0 Å². The van der Waals surface area contributed by atoms with Crippen molar-refractivity contribution in [2.45, 2.75) is 283 Å². The number of unbranched alkanes of at least 4 members (excludes halogenated alkanes) is 19. The van der Waals surface area contributed by atoms with Crippen molar-refractivity contribution in [2.75, 3.05) is 47.5 Å². The number of likely N-dealkylation sites (N-methyl/N-ethyl adjacent to an activating group) is 1. The van der Waals surface area contributed by atoms with Gasteiger partial charge in [0.15, 0.2) is 6.10 Å². The first-order chi connectivity index (χ1) is 47.6. The summed E-state index contributed by atoms with van der Waals surface area (Å²) in [6.07, 6.45) is 115. The minimum atomic E-state index is -1.53. The molecule has 0 aliphatic carbocycles. The molecule has 1 N–H and O–H groups in total. The Morgan fingerprint density at radius 2 is 0.557 bits per heavy atom. The number of hydrogen-bond acceptors (Lipinski definition) is 7. The topological polar surface area (TPSA) is 108 Å². The van der Waals surface area contributed by atoms with Gasteiger partial charge in [0.1, 0.15) is 13.2 Å². The van der Waals surface area contributed by atoms with E-state index in [-0.39, 0.29) is 38.6 Å². The molecule has 9 heteroatoms. The van der Waals surface area contributed by atoms with E-state index in [4.69, 9.17) is 18.9 Å². The first-order valence-corrected chi connectivity index (χ1v) is 38.2. The predicted octanol–water partition coefficient (Wildman–Crippen LogP) is 24.7. The Bertz CT molecular complexity index is 2350. The van der Waals surface area contributed by atoms with E-state index in [1.165, 1.54) is 83.5 Å². The van der Waals surface area contributed by atoms with Gasteiger partial charge in [0.25, 0.3) is 6.29 Å². The van der Waals surface area contributed by atoms with Crippen molar-refractivity contribution in [3.05, 3.63) is 207 Å². The third kappa shape index (κ3) is 77.1. The summed E-state index contributed by atoms with van der Waals surface area (Å²) in [7, 11) is 5.96. The van der Waals surface area contributed by atoms with Gasteiger partial charge in [-0.2, -0.15) is 0 Å². The largest absolute Gasteiger partial charge is 0.477 e. The Morgan fingerprint density at radius 3 is 0.825 bits per heavy atom. The molecule has 0 aliphatic rings. The SMILES string of the molecule is CC/C=C\C/C=C\C/C=C\C/C=C\C/C=C\C/C=C\C/C=C\C/C=C\C/C=C\C/C=C\C/C=C\CCCCCCCCCC(=O)OC(COC(=O)CCCCCCCCCCCCCC/C=C\C/C=C\C/C=C\C/C=C\C/C=C\C/C=C\CC)COC(OCC[N+](C)(C)C)C(=O)O. The molecule has 2 unspecified atom stereocenters. The minimum absolute atomic E-state index is 0.175. The van der Waals surface area contributed by atoms with Crippen molar-refractivity contribution in [3.63, 3.8) is 0 Å². The molecule has 9 nitrogen and oxygen atoms in total. The summed E-state index contributed by atoms with van der Waals surface area (Å²) in [6.45, 7) is 4.62. The lowest BCUT2D eigenvalue weighted by atomic mass is 10.0. The number of rotatable bonds is 68. The maximum absolute atomic E-state index is 13.0. The number of quaternary nitrogens is 1. The Labute approximate surface area is 594 Å². The molecule has 0 amide bonds. The summed E-state index contributed by atoms with van der Waals surface area (Å²) in [5.41, 5.74) is 0. The number of carbonyl (C=O) groups is 3. The molecule has 0 aliphatic heterocycles. The second kappa shape index (κ2) is 75.6. The molecule has 0 heterocycles. The first-order valence-electron chi connectivity index (χ1n) is 38.2. The smallest absolute Gasteiger partial charge is 0.361 e. The number of nitrogens with zero attached hydrogens (tertiary/aromatic N) is 1. The second-order valence-electron chi connectivity index (χ2n) is 25.8. The van der Waals surface area contributed by atoms with E-state index in [1.807, 2.05) is 21.1 Å². The van der Waals surface area contributed by atoms with Crippen molar-refractivity contribution in [2.24, 2.45) is 0 Å². The van der Waals surface area contributed by atoms with Crippen LogP contribution in [0, 0.1) is 0 Å². The molecule has 0 radical (unpaired) electrons. The van der Waals surface area contributed by atoms with Crippen molar-refractivity contribution in [1.29, 1.82) is 0 Å². The zero-order chi connectivity index (χ0) is 70.4. The third-order valence-corrected chi connectivity index (χ3v) is 15.5. The van der Waals surface area contributed by atoms with Crippen LogP contribution < -0.4 is 0 Å². The Kier molecular flexibility index (Phi) is 70.9. The highest BCUT2D eigenvalue weighted by atomic mass is 16.7. The van der Waals surface area contributed by atoms with E-state index in [2.05, 4.69) is 220 Å². The van der Waals surface area contributed by atoms with Crippen molar-refractivity contribution in [1.82, 2.24) is 0 Å². The van der Waals surface area contributed by atoms with Crippen molar-refractivity contribution in [3.8, 4) is 0 Å². The highest BCUT2D eigenvalue weighted by molar-refractivity contribution is 5.71. The lowest BCUT2D eigenvalue weighted by Gasteiger charge is -2.25. The van der Waals surface area contributed by atoms with Gasteiger partial charge in [-0.05, 0) is 148 Å². The van der Waals surface area contributed by atoms with Crippen molar-refractivity contribution < 1.29 is 42.9 Å². The lowest BCUT2D eigenvalue weighted by Crippen LogP contribution is -2.40. The Morgan fingerprint density at radius 1 is 0.309 bits per heavy atom. The average Bonchev–Trinajstić information content (AvgIpc) is 3.27. The number of carboxylic acids is 1. The molecule has 0 fully saturated rings. The normalized spacial score (nSPS) is 13.9. The summed E-state index contributed by atoms with van der Waals surface area (Å²) in [4.78, 5) is 37.7. The summed E-state index contributed by atoms with van der Waals surface area (Å²) in [5, 5.41) is 9.77. The lowest BCUT2D eigenvalue weighted by molar-refractivity contribution is -0.870. The van der Waals surface area contributed by atoms with Crippen LogP contribution in [0.15, 0.2) is 207 Å². The number of ether oxygens (including phenoxy) is 4. The molecule has 2 atom stereocenters. The molecule has 97 heavy (non-hydrogen) atoms. The zero-order valence-electron chi connectivity index (χ0n) is 62.1. The molecule has 0 aromatic heterocycles. The molecular weight excluding hydrogens is 1200 g/mol. The number of aliphatic carboxylic acids is 1. The Balaban J connectivity index is 4.19. The molecule has 0 rings (SSSR count). The summed E-state index contributed by atoms with van der Waals surface area (Å²) >= 11 is 0. The van der Waals surface area contributed by atoms with Crippen LogP contribution in [-0.4, -0.2) is 87.4 Å². The molecule has 0 saturated carbocycles. The van der Waals surface area contributed by atoms with Gasteiger partial charge in [-0.3, -0.25) is 9.59 Å². The average molecular weight is 1340 g/mol. The fourth-order valence-corrected chi connectivity index (χ4v) is 9.79. The van der Waals surface area contributed by atoms with E-state index < -0.39 is 24.3 Å². The third-order valence-electron chi connectivity index (χ3n) is 15.5. The van der Waals surface area contributed by atoms with E-state index in [1.54, 1.807) is 0 Å². The molecule has 0 spiro atoms. The number of allylic oxidation sites excluding steroid dienone is 34. The summed E-state index contributed by atoms with van der Waals surface area (Å²) in [5.74, 6) is -2.04. The number of hydrogen-bond donors (Lipinski definition) is 1. The monoisotopic (exact) mass is 1340 g/mol. The molecule has 0 aromatic rings. The van der Waals surface area contributed by atoms with Crippen LogP contribution in [0.25, 0.3) is 0 Å². The van der Waals surface area contributed by atoms with E-state index in [9.17, 15) is 19.5 Å². The molecule has 0 bridgehead atoms. The van der Waals surface area contributed by atoms with E-state index >= 15 is 0 Å². The van der Waals surface area contributed by atoms with Crippen molar-refractivity contribution >= 4 is 17.9 Å². The minimum Gasteiger partial charge on any atom is -0.477 e. The van der Waals surface area contributed by atoms with Crippen LogP contribution in [0.5, 0.6) is 0 Å². The fraction of sp³-hybridized carbons (Fsp3) is 0.580. The molecule has 544 valence electrons. The van der Waals surface area contributed by atoms with Gasteiger partial charge < -0.3 is 28.5 Å². The fourth-order valence-electron chi connectivity index (χ4n) is 9.79. The molecule has 0 saturated heterocycles. The van der Waals surface area contributed by atoms with E-state index in [0.29, 0.717) is 17.4 Å². The number of carboxylic acid groups (broad SMARTS) is 1. The van der Waals surface area contributed by atoms with Crippen LogP contribution in [-0.2, 0) is 33.3 Å². The van der Waals surface area contributed by atoms with Gasteiger partial charge in [-0.1, -0.05) is 317 Å². The summed E-state index contributed by atoms with van der Waals surface area (Å²) in [6, 6.07) is 0. The Hall–Kier alpha value is -6.13. The van der Waals surface area contributed by atoms with Crippen LogP contribution in [0.2, 0.25) is 0 Å². The van der Waals surface area contributed by atoms with Crippen LogP contribution in [0.3, 0.4) is 0 Å². The van der Waals surface area contributed by atoms with Crippen LogP contribution >= 0.6 is 0 Å². The summed E-state index contributed by atoms with van der Waals surface area (Å²) < 4.78 is 23.0. The van der Waals surface area contributed by atoms with Gasteiger partial charge in [0.05, 0.1) is 34.4 Å². The molecular formula is C88H140NO8+.